The van der Waals surface area contributed by atoms with Gasteiger partial charge >= 0.3 is 0 Å². The zero-order valence-corrected chi connectivity index (χ0v) is 17.9. The Morgan fingerprint density at radius 2 is 2.03 bits per heavy atom. The van der Waals surface area contributed by atoms with Crippen molar-refractivity contribution < 1.29 is 23.2 Å². The van der Waals surface area contributed by atoms with Crippen LogP contribution in [-0.4, -0.2) is 49.2 Å². The quantitative estimate of drug-likeness (QED) is 0.380. The molecule has 164 valence electrons. The van der Waals surface area contributed by atoms with Gasteiger partial charge < -0.3 is 18.9 Å². The van der Waals surface area contributed by atoms with Crippen molar-refractivity contribution in [1.82, 2.24) is 10.1 Å². The first-order valence-corrected chi connectivity index (χ1v) is 10.6. The van der Waals surface area contributed by atoms with E-state index in [-0.39, 0.29) is 11.6 Å². The number of aromatic nitrogens is 1. The van der Waals surface area contributed by atoms with E-state index in [1.165, 1.54) is 19.1 Å². The highest BCUT2D eigenvalue weighted by Gasteiger charge is 2.25. The molecule has 0 unspecified atom stereocenters. The van der Waals surface area contributed by atoms with E-state index >= 15 is 0 Å². The normalized spacial score (nSPS) is 15.3. The third-order valence-corrected chi connectivity index (χ3v) is 5.88. The van der Waals surface area contributed by atoms with Gasteiger partial charge in [-0.3, -0.25) is 4.79 Å². The minimum atomic E-state index is -0.305. The lowest BCUT2D eigenvalue weighted by atomic mass is 9.91. The van der Waals surface area contributed by atoms with Gasteiger partial charge in [-0.15, -0.1) is 0 Å². The summed E-state index contributed by atoms with van der Waals surface area (Å²) in [6.45, 7) is 5.05. The van der Waals surface area contributed by atoms with Crippen LogP contribution in [0.1, 0.15) is 48.2 Å². The van der Waals surface area contributed by atoms with Crippen LogP contribution in [0, 0.1) is 5.82 Å². The topological polar surface area (TPSA) is 64.8 Å². The highest BCUT2D eigenvalue weighted by Crippen LogP contribution is 2.33. The molecule has 7 heteroatoms. The average Bonchev–Trinajstić information content (AvgIpc) is 3.19. The number of rotatable bonds is 8. The van der Waals surface area contributed by atoms with Crippen LogP contribution in [0.4, 0.5) is 4.39 Å². The fourth-order valence-electron chi connectivity index (χ4n) is 4.19. The summed E-state index contributed by atoms with van der Waals surface area (Å²) < 4.78 is 29.8. The van der Waals surface area contributed by atoms with Gasteiger partial charge in [0.25, 0.3) is 0 Å². The highest BCUT2D eigenvalue weighted by molar-refractivity contribution is 5.97. The average molecular weight is 426 g/mol. The van der Waals surface area contributed by atoms with Gasteiger partial charge in [-0.05, 0) is 63.5 Å². The third-order valence-electron chi connectivity index (χ3n) is 5.88. The Labute approximate surface area is 180 Å². The highest BCUT2D eigenvalue weighted by atomic mass is 19.1. The molecule has 31 heavy (non-hydrogen) atoms. The zero-order chi connectivity index (χ0) is 21.8. The van der Waals surface area contributed by atoms with E-state index in [4.69, 9.17) is 14.0 Å². The van der Waals surface area contributed by atoms with Crippen LogP contribution in [0.3, 0.4) is 0 Å². The van der Waals surface area contributed by atoms with Crippen LogP contribution in [0.25, 0.3) is 11.0 Å². The second-order valence-electron chi connectivity index (χ2n) is 7.94. The molecule has 3 aromatic rings. The number of likely N-dealkylation sites (tertiary alicyclic amines) is 1. The summed E-state index contributed by atoms with van der Waals surface area (Å²) in [5.41, 5.74) is 2.02. The summed E-state index contributed by atoms with van der Waals surface area (Å²) in [5.74, 6) is 1.25. The van der Waals surface area contributed by atoms with Crippen LogP contribution < -0.4 is 9.47 Å². The van der Waals surface area contributed by atoms with Crippen LogP contribution in [0.5, 0.6) is 11.5 Å². The minimum absolute atomic E-state index is 0.0300. The number of ketones is 1. The number of hydrogen-bond acceptors (Lipinski definition) is 6. The standard InChI is InChI=1S/C24H27FN2O4/c1-16(28)20-7-5-19(15-22(20)29-2)30-13-3-10-27-11-8-17(9-12-27)24-21-6-4-18(25)14-23(21)31-26-24/h4-7,14-15,17H,3,8-13H2,1-2H3. The van der Waals surface area contributed by atoms with E-state index in [2.05, 4.69) is 10.1 Å². The second-order valence-corrected chi connectivity index (χ2v) is 7.94. The molecule has 0 amide bonds. The number of benzene rings is 2. The first kappa shape index (κ1) is 21.3. The molecule has 1 aliphatic rings. The molecule has 6 nitrogen and oxygen atoms in total. The number of hydrogen-bond donors (Lipinski definition) is 0. The van der Waals surface area contributed by atoms with Gasteiger partial charge in [0.1, 0.15) is 17.3 Å². The predicted octanol–water partition coefficient (Wildman–Crippen LogP) is 4.83. The maximum atomic E-state index is 13.4. The Bertz CT molecular complexity index is 1060. The SMILES string of the molecule is COc1cc(OCCCN2CCC(c3noc4cc(F)ccc34)CC2)ccc1C(C)=O. The number of fused-ring (bicyclic) bond motifs is 1. The maximum absolute atomic E-state index is 13.4. The smallest absolute Gasteiger partial charge is 0.170 e. The molecule has 1 aliphatic heterocycles. The van der Waals surface area contributed by atoms with Crippen molar-refractivity contribution in [2.24, 2.45) is 0 Å². The monoisotopic (exact) mass is 426 g/mol. The number of carbonyl (C=O) groups excluding carboxylic acids is 1. The number of ether oxygens (including phenoxy) is 2. The summed E-state index contributed by atoms with van der Waals surface area (Å²) in [6, 6.07) is 9.92. The number of piperidine rings is 1. The van der Waals surface area contributed by atoms with Crippen LogP contribution >= 0.6 is 0 Å². The zero-order valence-electron chi connectivity index (χ0n) is 17.9. The molecule has 1 saturated heterocycles. The van der Waals surface area contributed by atoms with Crippen molar-refractivity contribution in [3.8, 4) is 11.5 Å². The van der Waals surface area contributed by atoms with Crippen molar-refractivity contribution in [3.05, 3.63) is 53.5 Å². The number of carbonyl (C=O) groups is 1. The van der Waals surface area contributed by atoms with E-state index in [9.17, 15) is 9.18 Å². The predicted molar refractivity (Wildman–Crippen MR) is 115 cm³/mol. The molecular formula is C24H27FN2O4. The largest absolute Gasteiger partial charge is 0.496 e. The summed E-state index contributed by atoms with van der Waals surface area (Å²) >= 11 is 0. The first-order chi connectivity index (χ1) is 15.0. The van der Waals surface area contributed by atoms with Crippen molar-refractivity contribution in [3.63, 3.8) is 0 Å². The number of methoxy groups -OCH3 is 1. The fraction of sp³-hybridized carbons (Fsp3) is 0.417. The van der Waals surface area contributed by atoms with Gasteiger partial charge in [0.05, 0.1) is 25.0 Å². The van der Waals surface area contributed by atoms with E-state index in [1.54, 1.807) is 31.4 Å². The van der Waals surface area contributed by atoms with E-state index < -0.39 is 0 Å². The van der Waals surface area contributed by atoms with Crippen LogP contribution in [0.15, 0.2) is 40.9 Å². The third kappa shape index (κ3) is 4.88. The molecule has 4 rings (SSSR count). The van der Waals surface area contributed by atoms with Crippen molar-refractivity contribution in [2.45, 2.75) is 32.1 Å². The van der Waals surface area contributed by atoms with Crippen LogP contribution in [-0.2, 0) is 0 Å². The van der Waals surface area contributed by atoms with Crippen LogP contribution in [0.2, 0.25) is 0 Å². The summed E-state index contributed by atoms with van der Waals surface area (Å²) in [7, 11) is 1.55. The van der Waals surface area contributed by atoms with Crippen molar-refractivity contribution in [2.75, 3.05) is 33.4 Å². The summed E-state index contributed by atoms with van der Waals surface area (Å²) in [5, 5.41) is 5.13. The first-order valence-electron chi connectivity index (χ1n) is 10.6. The number of halogens is 1. The van der Waals surface area contributed by atoms with Gasteiger partial charge in [-0.2, -0.15) is 0 Å². The lowest BCUT2D eigenvalue weighted by Crippen LogP contribution is -2.34. The molecule has 1 aromatic heterocycles. The second kappa shape index (κ2) is 9.47. The Kier molecular flexibility index (Phi) is 6.51. The molecule has 0 bridgehead atoms. The van der Waals surface area contributed by atoms with Gasteiger partial charge in [0, 0.05) is 30.0 Å². The Morgan fingerprint density at radius 1 is 1.23 bits per heavy atom. The van der Waals surface area contributed by atoms with Gasteiger partial charge in [0.15, 0.2) is 11.4 Å². The van der Waals surface area contributed by atoms with E-state index in [0.29, 0.717) is 35.2 Å². The fourth-order valence-corrected chi connectivity index (χ4v) is 4.19. The molecule has 1 fully saturated rings. The van der Waals surface area contributed by atoms with E-state index in [1.807, 2.05) is 0 Å². The van der Waals surface area contributed by atoms with Gasteiger partial charge in [-0.25, -0.2) is 4.39 Å². The Balaban J connectivity index is 1.23. The number of Topliss-reactive ketones (excluding diaryl/α,β-unsaturated/α-hetero) is 1. The molecule has 0 saturated carbocycles. The maximum Gasteiger partial charge on any atom is 0.170 e. The summed E-state index contributed by atoms with van der Waals surface area (Å²) in [4.78, 5) is 14.0. The van der Waals surface area contributed by atoms with Crippen molar-refractivity contribution in [1.29, 1.82) is 0 Å². The lowest BCUT2D eigenvalue weighted by molar-refractivity contribution is 0.101. The molecule has 2 heterocycles. The molecular weight excluding hydrogens is 399 g/mol. The molecule has 0 atom stereocenters. The molecule has 0 spiro atoms. The Hall–Kier alpha value is -2.93. The van der Waals surface area contributed by atoms with Gasteiger partial charge in [-0.1, -0.05) is 5.16 Å². The molecule has 2 aromatic carbocycles. The molecule has 0 N–H and O–H groups in total. The van der Waals surface area contributed by atoms with Gasteiger partial charge in [0.2, 0.25) is 0 Å². The minimum Gasteiger partial charge on any atom is -0.496 e. The summed E-state index contributed by atoms with van der Waals surface area (Å²) in [6.07, 6.45) is 2.92. The molecule has 0 aliphatic carbocycles. The molecule has 0 radical (unpaired) electrons. The Morgan fingerprint density at radius 3 is 2.77 bits per heavy atom. The number of nitrogens with zero attached hydrogens (tertiary/aromatic N) is 2. The van der Waals surface area contributed by atoms with Crippen molar-refractivity contribution >= 4 is 16.8 Å². The lowest BCUT2D eigenvalue weighted by Gasteiger charge is -2.31. The van der Waals surface area contributed by atoms with E-state index in [0.717, 1.165) is 50.0 Å².